The Hall–Kier alpha value is -1.61. The highest BCUT2D eigenvalue weighted by atomic mass is 35.5. The van der Waals surface area contributed by atoms with Gasteiger partial charge in [0.05, 0.1) is 10.6 Å². The molecule has 1 heterocycles. The highest BCUT2D eigenvalue weighted by Gasteiger charge is 2.10. The summed E-state index contributed by atoms with van der Waals surface area (Å²) in [6.45, 7) is 1.77. The Morgan fingerprint density at radius 1 is 1.41 bits per heavy atom. The molecule has 0 aliphatic heterocycles. The van der Waals surface area contributed by atoms with E-state index in [-0.39, 0.29) is 17.2 Å². The maximum atomic E-state index is 12.9. The fourth-order valence-electron chi connectivity index (χ4n) is 1.53. The van der Waals surface area contributed by atoms with Crippen molar-refractivity contribution in [3.05, 3.63) is 58.3 Å². The average Bonchev–Trinajstić information content (AvgIpc) is 2.70. The molecule has 0 aliphatic rings. The van der Waals surface area contributed by atoms with Crippen molar-refractivity contribution in [3.8, 4) is 0 Å². The third kappa shape index (κ3) is 2.74. The summed E-state index contributed by atoms with van der Waals surface area (Å²) >= 11 is 5.64. The van der Waals surface area contributed by atoms with Crippen molar-refractivity contribution in [2.75, 3.05) is 0 Å². The van der Waals surface area contributed by atoms with Crippen LogP contribution in [0.5, 0.6) is 0 Å². The quantitative estimate of drug-likeness (QED) is 0.778. The molecule has 17 heavy (non-hydrogen) atoms. The molecule has 2 rings (SSSR count). The van der Waals surface area contributed by atoms with E-state index in [0.29, 0.717) is 16.9 Å². The van der Waals surface area contributed by atoms with Crippen molar-refractivity contribution < 1.29 is 13.6 Å². The van der Waals surface area contributed by atoms with Crippen LogP contribution in [0, 0.1) is 12.7 Å². The molecule has 2 aromatic rings. The summed E-state index contributed by atoms with van der Waals surface area (Å²) < 4.78 is 18.0. The lowest BCUT2D eigenvalue weighted by molar-refractivity contribution is 0.0992. The molecule has 0 amide bonds. The molecular weight excluding hydrogens is 243 g/mol. The number of ketones is 1. The molecule has 0 saturated heterocycles. The van der Waals surface area contributed by atoms with Gasteiger partial charge in [0, 0.05) is 6.42 Å². The zero-order valence-electron chi connectivity index (χ0n) is 9.17. The van der Waals surface area contributed by atoms with E-state index in [4.69, 9.17) is 16.0 Å². The first-order chi connectivity index (χ1) is 8.06. The summed E-state index contributed by atoms with van der Waals surface area (Å²) in [5.74, 6) is 0.122. The van der Waals surface area contributed by atoms with Gasteiger partial charge in [-0.15, -0.1) is 0 Å². The molecule has 1 aromatic heterocycles. The molecule has 4 heteroatoms. The number of furan rings is 1. The second-order valence-electron chi connectivity index (χ2n) is 3.79. The van der Waals surface area contributed by atoms with Crippen LogP contribution in [0.3, 0.4) is 0 Å². The Bertz CT molecular complexity index is 560. The van der Waals surface area contributed by atoms with Crippen LogP contribution in [0.1, 0.15) is 21.7 Å². The van der Waals surface area contributed by atoms with Crippen molar-refractivity contribution in [2.45, 2.75) is 13.3 Å². The summed E-state index contributed by atoms with van der Waals surface area (Å²) in [5, 5.41) is 0.0266. The van der Waals surface area contributed by atoms with Crippen LogP contribution in [-0.2, 0) is 6.42 Å². The lowest BCUT2D eigenvalue weighted by Gasteiger charge is -2.00. The maximum absolute atomic E-state index is 12.9. The van der Waals surface area contributed by atoms with E-state index in [1.54, 1.807) is 19.1 Å². The maximum Gasteiger partial charge on any atom is 0.170 e. The topological polar surface area (TPSA) is 30.2 Å². The van der Waals surface area contributed by atoms with Crippen molar-refractivity contribution in [3.63, 3.8) is 0 Å². The molecule has 0 unspecified atom stereocenters. The van der Waals surface area contributed by atoms with Crippen molar-refractivity contribution >= 4 is 17.4 Å². The third-order valence-corrected chi connectivity index (χ3v) is 2.69. The molecule has 0 fully saturated rings. The van der Waals surface area contributed by atoms with Gasteiger partial charge in [-0.05, 0) is 30.7 Å². The van der Waals surface area contributed by atoms with Gasteiger partial charge in [-0.1, -0.05) is 17.7 Å². The van der Waals surface area contributed by atoms with E-state index in [9.17, 15) is 9.18 Å². The van der Waals surface area contributed by atoms with Crippen LogP contribution < -0.4 is 0 Å². The first-order valence-electron chi connectivity index (χ1n) is 5.08. The van der Waals surface area contributed by atoms with Gasteiger partial charge in [-0.2, -0.15) is 0 Å². The number of hydrogen-bond donors (Lipinski definition) is 0. The van der Waals surface area contributed by atoms with Crippen molar-refractivity contribution in [1.82, 2.24) is 0 Å². The Balaban J connectivity index is 2.15. The summed E-state index contributed by atoms with van der Waals surface area (Å²) in [6.07, 6.45) is 1.60. The minimum absolute atomic E-state index is 0.0266. The van der Waals surface area contributed by atoms with Crippen LogP contribution in [-0.4, -0.2) is 5.78 Å². The van der Waals surface area contributed by atoms with Gasteiger partial charge in [0.2, 0.25) is 0 Å². The first kappa shape index (κ1) is 11.9. The summed E-state index contributed by atoms with van der Waals surface area (Å²) in [5.41, 5.74) is 1.20. The standard InChI is InChI=1S/C13H10ClFO2/c1-8-4-10(7-17-8)13(16)6-9-2-3-12(15)11(14)5-9/h2-5,7H,6H2,1H3. The largest absolute Gasteiger partial charge is 0.469 e. The number of carbonyl (C=O) groups excluding carboxylic acids is 1. The van der Waals surface area contributed by atoms with Gasteiger partial charge < -0.3 is 4.42 Å². The van der Waals surface area contributed by atoms with Crippen LogP contribution in [0.4, 0.5) is 4.39 Å². The highest BCUT2D eigenvalue weighted by Crippen LogP contribution is 2.18. The zero-order chi connectivity index (χ0) is 12.4. The van der Waals surface area contributed by atoms with Crippen molar-refractivity contribution in [2.24, 2.45) is 0 Å². The smallest absolute Gasteiger partial charge is 0.170 e. The van der Waals surface area contributed by atoms with Crippen LogP contribution in [0.25, 0.3) is 0 Å². The van der Waals surface area contributed by atoms with E-state index in [1.807, 2.05) is 0 Å². The summed E-state index contributed by atoms with van der Waals surface area (Å²) in [4.78, 5) is 11.8. The number of aryl methyl sites for hydroxylation is 1. The Labute approximate surface area is 103 Å². The monoisotopic (exact) mass is 252 g/mol. The number of Topliss-reactive ketones (excluding diaryl/α,β-unsaturated/α-hetero) is 1. The van der Waals surface area contributed by atoms with Gasteiger partial charge in [0.15, 0.2) is 5.78 Å². The number of carbonyl (C=O) groups is 1. The fourth-order valence-corrected chi connectivity index (χ4v) is 1.73. The molecule has 88 valence electrons. The van der Waals surface area contributed by atoms with Gasteiger partial charge in [-0.3, -0.25) is 4.79 Å². The average molecular weight is 253 g/mol. The molecular formula is C13H10ClFO2. The molecule has 0 radical (unpaired) electrons. The van der Waals surface area contributed by atoms with Crippen molar-refractivity contribution in [1.29, 1.82) is 0 Å². The highest BCUT2D eigenvalue weighted by molar-refractivity contribution is 6.30. The predicted molar refractivity (Wildman–Crippen MR) is 62.9 cm³/mol. The molecule has 0 atom stereocenters. The predicted octanol–water partition coefficient (Wildman–Crippen LogP) is 3.81. The number of rotatable bonds is 3. The van der Waals surface area contributed by atoms with Gasteiger partial charge >= 0.3 is 0 Å². The third-order valence-electron chi connectivity index (χ3n) is 2.40. The van der Waals surface area contributed by atoms with Crippen LogP contribution in [0.15, 0.2) is 34.9 Å². The normalized spacial score (nSPS) is 10.5. The number of hydrogen-bond acceptors (Lipinski definition) is 2. The van der Waals surface area contributed by atoms with E-state index in [2.05, 4.69) is 0 Å². The lowest BCUT2D eigenvalue weighted by Crippen LogP contribution is -2.02. The SMILES string of the molecule is Cc1cc(C(=O)Cc2ccc(F)c(Cl)c2)co1. The fraction of sp³-hybridized carbons (Fsp3) is 0.154. The molecule has 0 saturated carbocycles. The van der Waals surface area contributed by atoms with Gasteiger partial charge in [0.25, 0.3) is 0 Å². The van der Waals surface area contributed by atoms with E-state index >= 15 is 0 Å². The van der Waals surface area contributed by atoms with Crippen LogP contribution in [0.2, 0.25) is 5.02 Å². The van der Waals surface area contributed by atoms with Gasteiger partial charge in [0.1, 0.15) is 17.8 Å². The molecule has 1 aromatic carbocycles. The minimum atomic E-state index is -0.484. The Kier molecular flexibility index (Phi) is 3.29. The zero-order valence-corrected chi connectivity index (χ0v) is 9.92. The lowest BCUT2D eigenvalue weighted by atomic mass is 10.1. The van der Waals surface area contributed by atoms with E-state index in [1.165, 1.54) is 18.4 Å². The van der Waals surface area contributed by atoms with Crippen LogP contribution >= 0.6 is 11.6 Å². The first-order valence-corrected chi connectivity index (χ1v) is 5.46. The second kappa shape index (κ2) is 4.72. The summed E-state index contributed by atoms with van der Waals surface area (Å²) in [7, 11) is 0. The second-order valence-corrected chi connectivity index (χ2v) is 4.20. The summed E-state index contributed by atoms with van der Waals surface area (Å²) in [6, 6.07) is 5.94. The van der Waals surface area contributed by atoms with E-state index in [0.717, 1.165) is 0 Å². The number of benzene rings is 1. The molecule has 0 aliphatic carbocycles. The Morgan fingerprint density at radius 3 is 2.76 bits per heavy atom. The number of halogens is 2. The Morgan fingerprint density at radius 2 is 2.18 bits per heavy atom. The molecule has 0 N–H and O–H groups in total. The molecule has 2 nitrogen and oxygen atoms in total. The molecule has 0 spiro atoms. The minimum Gasteiger partial charge on any atom is -0.469 e. The van der Waals surface area contributed by atoms with Gasteiger partial charge in [-0.25, -0.2) is 4.39 Å². The van der Waals surface area contributed by atoms with E-state index < -0.39 is 5.82 Å². The molecule has 0 bridgehead atoms.